The van der Waals surface area contributed by atoms with Gasteiger partial charge in [0.2, 0.25) is 35.4 Å². The molecule has 6 atom stereocenters. The van der Waals surface area contributed by atoms with Crippen molar-refractivity contribution in [3.05, 3.63) is 18.2 Å². The second-order valence-electron chi connectivity index (χ2n) is 16.9. The van der Waals surface area contributed by atoms with Gasteiger partial charge in [-0.2, -0.15) is 0 Å². The maximum Gasteiger partial charge on any atom is 0.243 e. The molecule has 66 heavy (non-hydrogen) atoms. The molecule has 0 bridgehead atoms. The molecule has 1 aromatic heterocycles. The van der Waals surface area contributed by atoms with Gasteiger partial charge < -0.3 is 64.5 Å². The van der Waals surface area contributed by atoms with Gasteiger partial charge in [0.05, 0.1) is 18.1 Å². The second-order valence-corrected chi connectivity index (χ2v) is 16.9. The van der Waals surface area contributed by atoms with Gasteiger partial charge in [0.15, 0.2) is 17.7 Å². The molecule has 374 valence electrons. The number of aliphatic hydroxyl groups is 1. The van der Waals surface area contributed by atoms with Crippen molar-refractivity contribution < 1.29 is 38.7 Å². The van der Waals surface area contributed by atoms with E-state index in [1.165, 1.54) is 70.8 Å². The van der Waals surface area contributed by atoms with Crippen LogP contribution in [0, 0.1) is 10.8 Å². The molecular formula is C44H80N14O8. The van der Waals surface area contributed by atoms with Crippen molar-refractivity contribution >= 4 is 53.1 Å². The number of guanidine groups is 2. The number of aromatic nitrogens is 2. The number of amides is 6. The lowest BCUT2D eigenvalue weighted by molar-refractivity contribution is -0.135. The van der Waals surface area contributed by atoms with Crippen LogP contribution in [-0.4, -0.2) is 118 Å². The van der Waals surface area contributed by atoms with Crippen molar-refractivity contribution in [3.8, 4) is 0 Å². The molecule has 22 heteroatoms. The number of nitrogens with zero attached hydrogens (tertiary/aromatic N) is 1. The van der Waals surface area contributed by atoms with Crippen LogP contribution in [0.25, 0.3) is 0 Å². The Balaban J connectivity index is 3.19. The average molecular weight is 933 g/mol. The van der Waals surface area contributed by atoms with Gasteiger partial charge in [0.25, 0.3) is 0 Å². The molecule has 0 fully saturated rings. The van der Waals surface area contributed by atoms with Gasteiger partial charge in [-0.15, -0.1) is 0 Å². The maximum absolute atomic E-state index is 14.2. The van der Waals surface area contributed by atoms with Gasteiger partial charge >= 0.3 is 0 Å². The molecule has 22 nitrogen and oxygen atoms in total. The number of rotatable bonds is 38. The number of imidazole rings is 1. The molecule has 0 radical (unpaired) electrons. The normalized spacial score (nSPS) is 13.7. The highest BCUT2D eigenvalue weighted by Gasteiger charge is 2.33. The number of nitrogens with two attached hydrogens (primary N) is 3. The van der Waals surface area contributed by atoms with Crippen LogP contribution >= 0.6 is 0 Å². The van der Waals surface area contributed by atoms with Crippen LogP contribution in [0.4, 0.5) is 0 Å². The van der Waals surface area contributed by atoms with Gasteiger partial charge in [-0.05, 0) is 52.4 Å². The van der Waals surface area contributed by atoms with Gasteiger partial charge in [-0.3, -0.25) is 44.4 Å². The standard InChI is InChI=1S/C44H80N14O8/c1-4-5-6-7-8-9-10-11-12-13-14-15-16-21-37(62)54-32(19-17-24-51-43(46)47)39(63)57-35(26-31-27-50-28-53-31)42(66)55-33(20-18-25-52-44(48)49)40(64)56-34(22-23-36(45)61)41(65)58-38(29(2)59)30(3)60/h27-29,32-35,38,59H,4-26H2,1-3H3,(H2,45,61)(H,50,53)(H,54,62)(H,55,66)(H,56,64)(H,57,63)(H,58,65)(H4,46,47,51)(H4,48,49,52)/t29-,32+,33+,34+,35+,38+/m1/s1. The highest BCUT2D eigenvalue weighted by molar-refractivity contribution is 5.96. The number of carbonyl (C=O) groups is 7. The first-order valence-corrected chi connectivity index (χ1v) is 23.6. The molecule has 0 saturated carbocycles. The van der Waals surface area contributed by atoms with Crippen molar-refractivity contribution in [3.63, 3.8) is 0 Å². The molecule has 0 saturated heterocycles. The summed E-state index contributed by atoms with van der Waals surface area (Å²) >= 11 is 0. The third kappa shape index (κ3) is 27.5. The number of primary amides is 1. The Morgan fingerprint density at radius 3 is 1.50 bits per heavy atom. The maximum atomic E-state index is 14.2. The summed E-state index contributed by atoms with van der Waals surface area (Å²) in [5, 5.41) is 43.4. The Labute approximate surface area is 389 Å². The van der Waals surface area contributed by atoms with E-state index in [4.69, 9.17) is 28.0 Å². The van der Waals surface area contributed by atoms with Crippen molar-refractivity contribution in [2.24, 2.45) is 17.2 Å². The van der Waals surface area contributed by atoms with Gasteiger partial charge in [0.1, 0.15) is 30.2 Å². The summed E-state index contributed by atoms with van der Waals surface area (Å²) in [4.78, 5) is 99.5. The van der Waals surface area contributed by atoms with Crippen molar-refractivity contribution in [1.82, 2.24) is 47.2 Å². The predicted octanol–water partition coefficient (Wildman–Crippen LogP) is 0.619. The molecule has 0 aliphatic carbocycles. The number of carbonyl (C=O) groups excluding carboxylic acids is 7. The van der Waals surface area contributed by atoms with E-state index >= 15 is 0 Å². The van der Waals surface area contributed by atoms with Crippen LogP contribution in [0.5, 0.6) is 0 Å². The second kappa shape index (κ2) is 34.5. The highest BCUT2D eigenvalue weighted by atomic mass is 16.3. The van der Waals surface area contributed by atoms with Gasteiger partial charge in [-0.1, -0.05) is 84.0 Å². The Hall–Kier alpha value is -5.80. The fourth-order valence-electron chi connectivity index (χ4n) is 7.17. The van der Waals surface area contributed by atoms with E-state index in [0.717, 1.165) is 32.6 Å². The van der Waals surface area contributed by atoms with Crippen molar-refractivity contribution in [2.45, 2.75) is 192 Å². The molecule has 1 aromatic rings. The van der Waals surface area contributed by atoms with E-state index in [1.807, 2.05) is 0 Å². The number of aliphatic hydroxyl groups excluding tert-OH is 1. The van der Waals surface area contributed by atoms with Crippen LogP contribution in [-0.2, 0) is 40.0 Å². The number of ketones is 1. The third-order valence-electron chi connectivity index (χ3n) is 10.9. The molecule has 1 rings (SSSR count). The largest absolute Gasteiger partial charge is 0.391 e. The minimum atomic E-state index is -1.43. The average Bonchev–Trinajstić information content (AvgIpc) is 3.77. The van der Waals surface area contributed by atoms with Crippen molar-refractivity contribution in [2.75, 3.05) is 13.1 Å². The summed E-state index contributed by atoms with van der Waals surface area (Å²) in [5.74, 6) is -5.50. The molecule has 0 aromatic carbocycles. The number of nitrogens with one attached hydrogen (secondary N) is 10. The molecule has 1 heterocycles. The summed E-state index contributed by atoms with van der Waals surface area (Å²) in [6.07, 6.45) is 16.6. The SMILES string of the molecule is CCCCCCCCCCCCCCCC(=O)N[C@@H](CCCNC(=N)N)C(=O)N[C@@H](Cc1c[nH]cn1)C(=O)N[C@@H](CCCNC(=N)N)C(=O)N[C@@H](CCC(N)=O)C(=O)N[C@H](C(C)=O)[C@@H](C)O. The third-order valence-corrected chi connectivity index (χ3v) is 10.9. The number of hydrogen-bond donors (Lipinski definition) is 14. The smallest absolute Gasteiger partial charge is 0.243 e. The Morgan fingerprint density at radius 2 is 1.06 bits per heavy atom. The van der Waals surface area contributed by atoms with E-state index in [1.54, 1.807) is 0 Å². The quantitative estimate of drug-likeness (QED) is 0.0246. The lowest BCUT2D eigenvalue weighted by Crippen LogP contribution is -2.59. The van der Waals surface area contributed by atoms with Crippen molar-refractivity contribution in [1.29, 1.82) is 10.8 Å². The van der Waals surface area contributed by atoms with Crippen LogP contribution in [0.3, 0.4) is 0 Å². The summed E-state index contributed by atoms with van der Waals surface area (Å²) in [7, 11) is 0. The van der Waals surface area contributed by atoms with Crippen LogP contribution in [0.1, 0.15) is 155 Å². The monoisotopic (exact) mass is 933 g/mol. The Bertz CT molecular complexity index is 1640. The number of hydrogen-bond acceptors (Lipinski definition) is 11. The van der Waals surface area contributed by atoms with E-state index in [2.05, 4.69) is 54.1 Å². The predicted molar refractivity (Wildman–Crippen MR) is 251 cm³/mol. The number of Topliss-reactive ketones (excluding diaryl/α,β-unsaturated/α-hetero) is 1. The minimum Gasteiger partial charge on any atom is -0.391 e. The first kappa shape index (κ1) is 58.2. The van der Waals surface area contributed by atoms with E-state index in [0.29, 0.717) is 18.5 Å². The van der Waals surface area contributed by atoms with Crippen LogP contribution < -0.4 is 54.4 Å². The number of aromatic amines is 1. The zero-order valence-electron chi connectivity index (χ0n) is 39.4. The first-order chi connectivity index (χ1) is 31.4. The van der Waals surface area contributed by atoms with Gasteiger partial charge in [-0.25, -0.2) is 4.98 Å². The summed E-state index contributed by atoms with van der Waals surface area (Å²) in [6.45, 7) is 5.05. The summed E-state index contributed by atoms with van der Waals surface area (Å²) in [6, 6.07) is -6.52. The fraction of sp³-hybridized carbons (Fsp3) is 0.727. The van der Waals surface area contributed by atoms with Crippen LogP contribution in [0.2, 0.25) is 0 Å². The summed E-state index contributed by atoms with van der Waals surface area (Å²) < 4.78 is 0. The lowest BCUT2D eigenvalue weighted by atomic mass is 10.0. The summed E-state index contributed by atoms with van der Waals surface area (Å²) in [5.41, 5.74) is 16.6. The van der Waals surface area contributed by atoms with E-state index in [-0.39, 0.29) is 75.9 Å². The van der Waals surface area contributed by atoms with Gasteiger partial charge in [0, 0.05) is 38.5 Å². The molecule has 0 aliphatic rings. The van der Waals surface area contributed by atoms with Crippen LogP contribution in [0.15, 0.2) is 12.5 Å². The molecular weight excluding hydrogens is 853 g/mol. The minimum absolute atomic E-state index is 0.0597. The zero-order chi connectivity index (χ0) is 49.3. The lowest BCUT2D eigenvalue weighted by Gasteiger charge is -2.27. The number of H-pyrrole nitrogens is 1. The molecule has 0 unspecified atom stereocenters. The molecule has 6 amide bonds. The Kier molecular flexibility index (Phi) is 30.5. The fourth-order valence-corrected chi connectivity index (χ4v) is 7.17. The molecule has 0 spiro atoms. The Morgan fingerprint density at radius 1 is 0.621 bits per heavy atom. The van der Waals surface area contributed by atoms with E-state index in [9.17, 15) is 38.7 Å². The topological polar surface area (TPSA) is 378 Å². The first-order valence-electron chi connectivity index (χ1n) is 23.6. The highest BCUT2D eigenvalue weighted by Crippen LogP contribution is 2.14. The zero-order valence-corrected chi connectivity index (χ0v) is 39.4. The number of unbranched alkanes of at least 4 members (excludes halogenated alkanes) is 12. The molecule has 17 N–H and O–H groups in total. The van der Waals surface area contributed by atoms with E-state index < -0.39 is 71.6 Å². The molecule has 0 aliphatic heterocycles.